The summed E-state index contributed by atoms with van der Waals surface area (Å²) < 4.78 is 5.88. The molecule has 0 saturated carbocycles. The van der Waals surface area contributed by atoms with E-state index in [0.29, 0.717) is 6.54 Å². The minimum Gasteiger partial charge on any atom is -0.488 e. The Morgan fingerprint density at radius 3 is 2.48 bits per heavy atom. The van der Waals surface area contributed by atoms with Gasteiger partial charge in [-0.3, -0.25) is 0 Å². The highest BCUT2D eigenvalue weighted by molar-refractivity contribution is 5.74. The molecule has 2 heterocycles. The third-order valence-corrected chi connectivity index (χ3v) is 4.88. The van der Waals surface area contributed by atoms with Crippen LogP contribution in [0.3, 0.4) is 0 Å². The number of carbonyl (C=O) groups excluding carboxylic acids is 1. The number of fused-ring (bicyclic) bond motifs is 1. The number of benzene rings is 2. The van der Waals surface area contributed by atoms with Crippen LogP contribution in [0.4, 0.5) is 10.5 Å². The zero-order valence-corrected chi connectivity index (χ0v) is 14.2. The molecule has 1 atom stereocenters. The van der Waals surface area contributed by atoms with Gasteiger partial charge < -0.3 is 19.9 Å². The molecule has 1 saturated heterocycles. The lowest BCUT2D eigenvalue weighted by atomic mass is 10.1. The number of piperazine rings is 1. The Balaban J connectivity index is 1.24. The Bertz CT molecular complexity index is 702. The van der Waals surface area contributed by atoms with E-state index in [4.69, 9.17) is 4.74 Å². The lowest BCUT2D eigenvalue weighted by molar-refractivity contribution is 0.182. The predicted molar refractivity (Wildman–Crippen MR) is 98.2 cm³/mol. The molecule has 130 valence electrons. The van der Waals surface area contributed by atoms with E-state index >= 15 is 0 Å². The molecule has 5 heteroatoms. The molecule has 2 aliphatic heterocycles. The van der Waals surface area contributed by atoms with E-state index in [2.05, 4.69) is 28.4 Å². The number of urea groups is 1. The Hall–Kier alpha value is -2.69. The van der Waals surface area contributed by atoms with E-state index in [1.807, 2.05) is 41.3 Å². The van der Waals surface area contributed by atoms with Crippen LogP contribution in [0.15, 0.2) is 54.6 Å². The standard InChI is InChI=1S/C20H23N3O2/c24-20(21-15-18-14-16-6-4-5-9-19(16)25-18)23-12-10-22(11-13-23)17-7-2-1-3-8-17/h1-9,18H,10-15H2,(H,21,24)/t18-/m1/s1. The average Bonchev–Trinajstić information content (AvgIpc) is 3.10. The fourth-order valence-corrected chi connectivity index (χ4v) is 3.49. The minimum atomic E-state index is 0.00673. The van der Waals surface area contributed by atoms with Gasteiger partial charge in [0.2, 0.25) is 0 Å². The number of hydrogen-bond donors (Lipinski definition) is 1. The molecular weight excluding hydrogens is 314 g/mol. The Labute approximate surface area is 148 Å². The van der Waals surface area contributed by atoms with Crippen molar-refractivity contribution in [1.82, 2.24) is 10.2 Å². The van der Waals surface area contributed by atoms with Crippen LogP contribution in [0, 0.1) is 0 Å². The Kier molecular flexibility index (Phi) is 4.46. The van der Waals surface area contributed by atoms with Crippen molar-refractivity contribution in [3.63, 3.8) is 0 Å². The summed E-state index contributed by atoms with van der Waals surface area (Å²) in [4.78, 5) is 16.6. The molecule has 0 unspecified atom stereocenters. The first-order chi connectivity index (χ1) is 12.3. The zero-order valence-electron chi connectivity index (χ0n) is 14.2. The van der Waals surface area contributed by atoms with Gasteiger partial charge in [-0.2, -0.15) is 0 Å². The molecule has 0 spiro atoms. The quantitative estimate of drug-likeness (QED) is 0.936. The second kappa shape index (κ2) is 7.05. The highest BCUT2D eigenvalue weighted by Crippen LogP contribution is 2.27. The van der Waals surface area contributed by atoms with Gasteiger partial charge in [-0.05, 0) is 23.8 Å². The molecule has 2 aliphatic rings. The first-order valence-electron chi connectivity index (χ1n) is 8.87. The van der Waals surface area contributed by atoms with Gasteiger partial charge in [-0.15, -0.1) is 0 Å². The summed E-state index contributed by atoms with van der Waals surface area (Å²) in [6, 6.07) is 18.4. The number of carbonyl (C=O) groups is 1. The third-order valence-electron chi connectivity index (χ3n) is 4.88. The topological polar surface area (TPSA) is 44.8 Å². The second-order valence-corrected chi connectivity index (χ2v) is 6.55. The van der Waals surface area contributed by atoms with Crippen molar-refractivity contribution in [1.29, 1.82) is 0 Å². The predicted octanol–water partition coefficient (Wildman–Crippen LogP) is 2.52. The van der Waals surface area contributed by atoms with Crippen LogP contribution in [0.2, 0.25) is 0 Å². The summed E-state index contributed by atoms with van der Waals surface area (Å²) in [6.45, 7) is 3.76. The maximum absolute atomic E-state index is 12.4. The van der Waals surface area contributed by atoms with Gasteiger partial charge in [0, 0.05) is 38.3 Å². The maximum atomic E-state index is 12.4. The SMILES string of the molecule is O=C(NC[C@H]1Cc2ccccc2O1)N1CCN(c2ccccc2)CC1. The fourth-order valence-electron chi connectivity index (χ4n) is 3.49. The zero-order chi connectivity index (χ0) is 17.1. The van der Waals surface area contributed by atoms with Crippen molar-refractivity contribution in [3.05, 3.63) is 60.2 Å². The Morgan fingerprint density at radius 2 is 1.72 bits per heavy atom. The van der Waals surface area contributed by atoms with Gasteiger partial charge in [0.25, 0.3) is 0 Å². The summed E-state index contributed by atoms with van der Waals surface area (Å²) >= 11 is 0. The van der Waals surface area contributed by atoms with E-state index < -0.39 is 0 Å². The highest BCUT2D eigenvalue weighted by atomic mass is 16.5. The molecule has 1 fully saturated rings. The molecule has 2 aromatic carbocycles. The minimum absolute atomic E-state index is 0.00673. The van der Waals surface area contributed by atoms with Crippen LogP contribution in [-0.2, 0) is 6.42 Å². The molecule has 2 aromatic rings. The van der Waals surface area contributed by atoms with E-state index in [1.165, 1.54) is 11.3 Å². The van der Waals surface area contributed by atoms with Gasteiger partial charge in [-0.25, -0.2) is 4.79 Å². The fraction of sp³-hybridized carbons (Fsp3) is 0.350. The molecule has 5 nitrogen and oxygen atoms in total. The van der Waals surface area contributed by atoms with Crippen LogP contribution >= 0.6 is 0 Å². The molecular formula is C20H23N3O2. The van der Waals surface area contributed by atoms with Crippen LogP contribution in [-0.4, -0.2) is 49.8 Å². The van der Waals surface area contributed by atoms with Crippen molar-refractivity contribution in [3.8, 4) is 5.75 Å². The first kappa shape index (κ1) is 15.8. The number of rotatable bonds is 3. The number of nitrogens with one attached hydrogen (secondary N) is 1. The van der Waals surface area contributed by atoms with E-state index in [0.717, 1.165) is 38.3 Å². The molecule has 0 aliphatic carbocycles. The normalized spacial score (nSPS) is 19.3. The van der Waals surface area contributed by atoms with Crippen molar-refractivity contribution < 1.29 is 9.53 Å². The number of nitrogens with zero attached hydrogens (tertiary/aromatic N) is 2. The largest absolute Gasteiger partial charge is 0.488 e. The van der Waals surface area contributed by atoms with Crippen LogP contribution in [0.25, 0.3) is 0 Å². The molecule has 1 N–H and O–H groups in total. The molecule has 0 bridgehead atoms. The molecule has 4 rings (SSSR count). The number of para-hydroxylation sites is 2. The van der Waals surface area contributed by atoms with Gasteiger partial charge in [-0.1, -0.05) is 36.4 Å². The molecule has 0 aromatic heterocycles. The van der Waals surface area contributed by atoms with Crippen LogP contribution in [0.1, 0.15) is 5.56 Å². The summed E-state index contributed by atoms with van der Waals surface area (Å²) in [7, 11) is 0. The lowest BCUT2D eigenvalue weighted by Gasteiger charge is -2.36. The second-order valence-electron chi connectivity index (χ2n) is 6.55. The number of hydrogen-bond acceptors (Lipinski definition) is 3. The van der Waals surface area contributed by atoms with Crippen LogP contribution < -0.4 is 15.0 Å². The smallest absolute Gasteiger partial charge is 0.317 e. The van der Waals surface area contributed by atoms with Gasteiger partial charge in [0.05, 0.1) is 6.54 Å². The Morgan fingerprint density at radius 1 is 1.00 bits per heavy atom. The summed E-state index contributed by atoms with van der Waals surface area (Å²) in [5.41, 5.74) is 2.44. The number of amides is 2. The summed E-state index contributed by atoms with van der Waals surface area (Å²) in [6.07, 6.45) is 0.894. The number of ether oxygens (including phenoxy) is 1. The van der Waals surface area contributed by atoms with Gasteiger partial charge in [0.15, 0.2) is 0 Å². The lowest BCUT2D eigenvalue weighted by Crippen LogP contribution is -2.52. The molecule has 2 amide bonds. The maximum Gasteiger partial charge on any atom is 0.317 e. The van der Waals surface area contributed by atoms with Crippen molar-refractivity contribution >= 4 is 11.7 Å². The highest BCUT2D eigenvalue weighted by Gasteiger charge is 2.25. The van der Waals surface area contributed by atoms with E-state index in [-0.39, 0.29) is 12.1 Å². The molecule has 0 radical (unpaired) electrons. The van der Waals surface area contributed by atoms with Crippen molar-refractivity contribution in [2.24, 2.45) is 0 Å². The van der Waals surface area contributed by atoms with E-state index in [1.54, 1.807) is 0 Å². The monoisotopic (exact) mass is 337 g/mol. The summed E-state index contributed by atoms with van der Waals surface area (Å²) in [5, 5.41) is 3.03. The third kappa shape index (κ3) is 3.55. The van der Waals surface area contributed by atoms with Gasteiger partial charge >= 0.3 is 6.03 Å². The van der Waals surface area contributed by atoms with E-state index in [9.17, 15) is 4.79 Å². The average molecular weight is 337 g/mol. The summed E-state index contributed by atoms with van der Waals surface area (Å²) in [5.74, 6) is 0.943. The first-order valence-corrected chi connectivity index (χ1v) is 8.87. The molecule has 25 heavy (non-hydrogen) atoms. The van der Waals surface area contributed by atoms with Crippen molar-refractivity contribution in [2.75, 3.05) is 37.6 Å². The number of anilines is 1. The van der Waals surface area contributed by atoms with Gasteiger partial charge in [0.1, 0.15) is 11.9 Å². The van der Waals surface area contributed by atoms with Crippen LogP contribution in [0.5, 0.6) is 5.75 Å². The van der Waals surface area contributed by atoms with Crippen molar-refractivity contribution in [2.45, 2.75) is 12.5 Å².